The lowest BCUT2D eigenvalue weighted by Crippen LogP contribution is -2.34. The molecule has 0 amide bonds. The van der Waals surface area contributed by atoms with Crippen molar-refractivity contribution in [2.75, 3.05) is 12.3 Å². The maximum absolute atomic E-state index is 6.12. The number of rotatable bonds is 4. The first-order valence-corrected chi connectivity index (χ1v) is 7.81. The van der Waals surface area contributed by atoms with E-state index >= 15 is 0 Å². The Morgan fingerprint density at radius 1 is 1.29 bits per heavy atom. The maximum Gasteiger partial charge on any atom is 0.0542 e. The fraction of sp³-hybridized carbons (Fsp3) is 0.538. The Balaban J connectivity index is 1.79. The van der Waals surface area contributed by atoms with E-state index in [-0.39, 0.29) is 0 Å². The second kappa shape index (κ2) is 6.89. The van der Waals surface area contributed by atoms with Crippen LogP contribution in [0, 0.1) is 0 Å². The van der Waals surface area contributed by atoms with Gasteiger partial charge in [0.15, 0.2) is 0 Å². The third-order valence-electron chi connectivity index (χ3n) is 3.03. The second-order valence-electron chi connectivity index (χ2n) is 4.36. The monoisotopic (exact) mass is 289 g/mol. The third kappa shape index (κ3) is 4.36. The zero-order valence-electron chi connectivity index (χ0n) is 9.72. The van der Waals surface area contributed by atoms with Crippen molar-refractivity contribution in [2.45, 2.75) is 36.6 Å². The molecule has 94 valence electrons. The molecule has 1 aliphatic rings. The molecule has 0 radical (unpaired) electrons. The van der Waals surface area contributed by atoms with Gasteiger partial charge in [-0.3, -0.25) is 0 Å². The van der Waals surface area contributed by atoms with Crippen molar-refractivity contribution in [3.8, 4) is 0 Å². The van der Waals surface area contributed by atoms with Crippen LogP contribution in [-0.4, -0.2) is 18.3 Å². The van der Waals surface area contributed by atoms with Crippen LogP contribution >= 0.6 is 35.0 Å². The summed E-state index contributed by atoms with van der Waals surface area (Å²) in [5.74, 6) is 1.09. The van der Waals surface area contributed by atoms with E-state index in [1.165, 1.54) is 32.2 Å². The Labute approximate surface area is 117 Å². The van der Waals surface area contributed by atoms with Gasteiger partial charge in [-0.2, -0.15) is 0 Å². The first-order chi connectivity index (χ1) is 8.25. The number of benzene rings is 1. The quantitative estimate of drug-likeness (QED) is 0.812. The topological polar surface area (TPSA) is 12.0 Å². The van der Waals surface area contributed by atoms with Crippen molar-refractivity contribution in [2.24, 2.45) is 0 Å². The fourth-order valence-electron chi connectivity index (χ4n) is 2.07. The van der Waals surface area contributed by atoms with Crippen molar-refractivity contribution in [1.29, 1.82) is 0 Å². The van der Waals surface area contributed by atoms with Gasteiger partial charge in [-0.1, -0.05) is 29.6 Å². The van der Waals surface area contributed by atoms with Crippen molar-refractivity contribution >= 4 is 35.0 Å². The standard InChI is InChI=1S/C13H17Cl2NS/c14-10-4-5-12(15)13(9-10)17-8-6-11-3-1-2-7-16-11/h4-5,9,11,16H,1-3,6-8H2. The molecular weight excluding hydrogens is 273 g/mol. The highest BCUT2D eigenvalue weighted by atomic mass is 35.5. The fourth-order valence-corrected chi connectivity index (χ4v) is 3.63. The molecule has 1 fully saturated rings. The highest BCUT2D eigenvalue weighted by molar-refractivity contribution is 7.99. The molecule has 4 heteroatoms. The van der Waals surface area contributed by atoms with Gasteiger partial charge < -0.3 is 5.32 Å². The van der Waals surface area contributed by atoms with Gasteiger partial charge in [0.2, 0.25) is 0 Å². The number of piperidine rings is 1. The molecule has 1 N–H and O–H groups in total. The van der Waals surface area contributed by atoms with E-state index in [4.69, 9.17) is 23.2 Å². The molecule has 1 saturated heterocycles. The summed E-state index contributed by atoms with van der Waals surface area (Å²) in [4.78, 5) is 1.09. The average Bonchev–Trinajstić information content (AvgIpc) is 2.35. The van der Waals surface area contributed by atoms with Crippen LogP contribution in [-0.2, 0) is 0 Å². The van der Waals surface area contributed by atoms with Gasteiger partial charge in [0, 0.05) is 16.0 Å². The Bertz CT molecular complexity index is 364. The lowest BCUT2D eigenvalue weighted by Gasteiger charge is -2.23. The van der Waals surface area contributed by atoms with Crippen LogP contribution in [0.5, 0.6) is 0 Å². The molecule has 0 aromatic heterocycles. The van der Waals surface area contributed by atoms with Crippen LogP contribution < -0.4 is 5.32 Å². The Hall–Kier alpha value is 0.110. The van der Waals surface area contributed by atoms with Crippen LogP contribution in [0.2, 0.25) is 10.0 Å². The minimum absolute atomic E-state index is 0.689. The molecule has 1 nitrogen and oxygen atoms in total. The lowest BCUT2D eigenvalue weighted by molar-refractivity contribution is 0.395. The zero-order valence-corrected chi connectivity index (χ0v) is 12.0. The molecule has 17 heavy (non-hydrogen) atoms. The molecule has 1 aromatic rings. The molecule has 1 atom stereocenters. The summed E-state index contributed by atoms with van der Waals surface area (Å²) in [6.07, 6.45) is 5.20. The van der Waals surface area contributed by atoms with Crippen LogP contribution in [0.4, 0.5) is 0 Å². The Morgan fingerprint density at radius 3 is 2.94 bits per heavy atom. The van der Waals surface area contributed by atoms with E-state index in [1.807, 2.05) is 18.2 Å². The third-order valence-corrected chi connectivity index (χ3v) is 4.79. The normalized spacial score (nSPS) is 20.5. The van der Waals surface area contributed by atoms with E-state index in [2.05, 4.69) is 5.32 Å². The van der Waals surface area contributed by atoms with E-state index in [0.717, 1.165) is 20.7 Å². The number of hydrogen-bond acceptors (Lipinski definition) is 2. The summed E-state index contributed by atoms with van der Waals surface area (Å²) >= 11 is 13.9. The highest BCUT2D eigenvalue weighted by Gasteiger charge is 2.12. The van der Waals surface area contributed by atoms with E-state index < -0.39 is 0 Å². The van der Waals surface area contributed by atoms with Crippen LogP contribution in [0.25, 0.3) is 0 Å². The molecule has 1 unspecified atom stereocenters. The van der Waals surface area contributed by atoms with Crippen LogP contribution in [0.1, 0.15) is 25.7 Å². The first kappa shape index (κ1) is 13.5. The SMILES string of the molecule is Clc1ccc(Cl)c(SCCC2CCCCN2)c1. The zero-order chi connectivity index (χ0) is 12.1. The summed E-state index contributed by atoms with van der Waals surface area (Å²) in [5.41, 5.74) is 0. The summed E-state index contributed by atoms with van der Waals surface area (Å²) in [7, 11) is 0. The Kier molecular flexibility index (Phi) is 5.49. The smallest absolute Gasteiger partial charge is 0.0542 e. The summed E-state index contributed by atoms with van der Waals surface area (Å²) in [5, 5.41) is 5.12. The minimum Gasteiger partial charge on any atom is -0.314 e. The molecular formula is C13H17Cl2NS. The van der Waals surface area contributed by atoms with Gasteiger partial charge >= 0.3 is 0 Å². The molecule has 1 aliphatic heterocycles. The van der Waals surface area contributed by atoms with Crippen molar-refractivity contribution in [3.05, 3.63) is 28.2 Å². The van der Waals surface area contributed by atoms with Gasteiger partial charge in [-0.15, -0.1) is 11.8 Å². The maximum atomic E-state index is 6.12. The first-order valence-electron chi connectivity index (χ1n) is 6.07. The van der Waals surface area contributed by atoms with Gasteiger partial charge in [0.25, 0.3) is 0 Å². The summed E-state index contributed by atoms with van der Waals surface area (Å²) in [6.45, 7) is 1.17. The van der Waals surface area contributed by atoms with E-state index in [0.29, 0.717) is 6.04 Å². The van der Waals surface area contributed by atoms with Gasteiger partial charge in [0.1, 0.15) is 0 Å². The minimum atomic E-state index is 0.689. The van der Waals surface area contributed by atoms with Crippen LogP contribution in [0.3, 0.4) is 0 Å². The van der Waals surface area contributed by atoms with Gasteiger partial charge in [-0.25, -0.2) is 0 Å². The number of halogens is 2. The number of hydrogen-bond donors (Lipinski definition) is 1. The molecule has 2 rings (SSSR count). The van der Waals surface area contributed by atoms with Crippen LogP contribution in [0.15, 0.2) is 23.1 Å². The molecule has 1 aromatic carbocycles. The van der Waals surface area contributed by atoms with Gasteiger partial charge in [-0.05, 0) is 49.8 Å². The van der Waals surface area contributed by atoms with E-state index in [1.54, 1.807) is 11.8 Å². The molecule has 0 bridgehead atoms. The second-order valence-corrected chi connectivity index (χ2v) is 6.34. The molecule has 0 spiro atoms. The van der Waals surface area contributed by atoms with Crippen molar-refractivity contribution in [1.82, 2.24) is 5.32 Å². The average molecular weight is 290 g/mol. The Morgan fingerprint density at radius 2 is 2.18 bits per heavy atom. The summed E-state index contributed by atoms with van der Waals surface area (Å²) < 4.78 is 0. The van der Waals surface area contributed by atoms with E-state index in [9.17, 15) is 0 Å². The lowest BCUT2D eigenvalue weighted by atomic mass is 10.0. The summed E-state index contributed by atoms with van der Waals surface area (Å²) in [6, 6.07) is 6.33. The predicted octanol–water partition coefficient (Wildman–Crippen LogP) is 4.62. The van der Waals surface area contributed by atoms with Gasteiger partial charge in [0.05, 0.1) is 5.02 Å². The largest absolute Gasteiger partial charge is 0.314 e. The molecule has 0 saturated carbocycles. The van der Waals surface area contributed by atoms with Crippen molar-refractivity contribution in [3.63, 3.8) is 0 Å². The van der Waals surface area contributed by atoms with Crippen molar-refractivity contribution < 1.29 is 0 Å². The number of nitrogens with one attached hydrogen (secondary N) is 1. The molecule has 1 heterocycles. The highest BCUT2D eigenvalue weighted by Crippen LogP contribution is 2.30. The predicted molar refractivity (Wildman–Crippen MR) is 77.4 cm³/mol. The number of thioether (sulfide) groups is 1. The molecule has 0 aliphatic carbocycles.